The molecule has 0 saturated carbocycles. The summed E-state index contributed by atoms with van der Waals surface area (Å²) in [6.45, 7) is -0.145. The molecule has 140 valence electrons. The molecule has 0 saturated heterocycles. The summed E-state index contributed by atoms with van der Waals surface area (Å²) in [7, 11) is 1.53. The molecule has 0 bridgehead atoms. The molecule has 2 amide bonds. The molecule has 0 unspecified atom stereocenters. The number of ether oxygens (including phenoxy) is 3. The first-order valence-electron chi connectivity index (χ1n) is 8.09. The molecule has 2 rings (SSSR count). The van der Waals surface area contributed by atoms with Gasteiger partial charge in [-0.1, -0.05) is 12.1 Å². The van der Waals surface area contributed by atoms with E-state index in [0.717, 1.165) is 0 Å². The highest BCUT2D eigenvalue weighted by Gasteiger charge is 2.08. The van der Waals surface area contributed by atoms with Crippen LogP contribution in [-0.2, 0) is 9.59 Å². The molecule has 2 aromatic carbocycles. The van der Waals surface area contributed by atoms with Crippen LogP contribution in [0.5, 0.6) is 17.2 Å². The van der Waals surface area contributed by atoms with Gasteiger partial charge in [-0.3, -0.25) is 20.4 Å². The van der Waals surface area contributed by atoms with Crippen LogP contribution < -0.4 is 25.1 Å². The Labute approximate surface area is 156 Å². The normalized spacial score (nSPS) is 9.63. The average molecular weight is 369 g/mol. The first kappa shape index (κ1) is 19.6. The highest BCUT2D eigenvalue weighted by molar-refractivity contribution is 5.82. The van der Waals surface area contributed by atoms with Gasteiger partial charge in [0.25, 0.3) is 5.91 Å². The maximum Gasteiger partial charge on any atom is 0.276 e. The number of carbonyl (C=O) groups excluding carboxylic acids is 2. The summed E-state index contributed by atoms with van der Waals surface area (Å²) in [5, 5.41) is 8.71. The summed E-state index contributed by atoms with van der Waals surface area (Å²) in [6, 6.07) is 15.4. The van der Waals surface area contributed by atoms with E-state index in [9.17, 15) is 9.59 Å². The van der Waals surface area contributed by atoms with Crippen molar-refractivity contribution in [3.8, 4) is 23.3 Å². The van der Waals surface area contributed by atoms with E-state index in [1.807, 2.05) is 12.1 Å². The van der Waals surface area contributed by atoms with Gasteiger partial charge in [0, 0.05) is 0 Å². The number of benzene rings is 2. The number of para-hydroxylation sites is 2. The number of amides is 2. The van der Waals surface area contributed by atoms with E-state index in [2.05, 4.69) is 10.9 Å². The first-order valence-corrected chi connectivity index (χ1v) is 8.09. The van der Waals surface area contributed by atoms with Crippen molar-refractivity contribution in [3.63, 3.8) is 0 Å². The number of nitrogens with zero attached hydrogens (tertiary/aromatic N) is 1. The van der Waals surface area contributed by atoms with Crippen molar-refractivity contribution in [1.82, 2.24) is 10.9 Å². The lowest BCUT2D eigenvalue weighted by molar-refractivity contribution is -0.130. The molecule has 2 aromatic rings. The third-order valence-corrected chi connectivity index (χ3v) is 3.35. The molecule has 0 aliphatic heterocycles. The minimum absolute atomic E-state index is 0.0504. The van der Waals surface area contributed by atoms with Gasteiger partial charge in [-0.2, -0.15) is 5.26 Å². The van der Waals surface area contributed by atoms with E-state index in [0.29, 0.717) is 22.8 Å². The number of hydrogen-bond acceptors (Lipinski definition) is 6. The maximum atomic E-state index is 11.7. The molecular weight excluding hydrogens is 350 g/mol. The van der Waals surface area contributed by atoms with Crippen LogP contribution in [0.15, 0.2) is 48.5 Å². The zero-order valence-electron chi connectivity index (χ0n) is 14.7. The Kier molecular flexibility index (Phi) is 7.48. The Morgan fingerprint density at radius 2 is 1.63 bits per heavy atom. The fourth-order valence-corrected chi connectivity index (χ4v) is 2.00. The average Bonchev–Trinajstić information content (AvgIpc) is 2.71. The fourth-order valence-electron chi connectivity index (χ4n) is 2.00. The Morgan fingerprint density at radius 1 is 0.963 bits per heavy atom. The molecule has 0 atom stereocenters. The van der Waals surface area contributed by atoms with Gasteiger partial charge < -0.3 is 14.2 Å². The quantitative estimate of drug-likeness (QED) is 0.684. The molecular formula is C19H19N3O5. The Hall–Kier alpha value is -3.73. The molecule has 0 aromatic heterocycles. The van der Waals surface area contributed by atoms with E-state index in [4.69, 9.17) is 19.5 Å². The predicted molar refractivity (Wildman–Crippen MR) is 96.0 cm³/mol. The molecule has 8 heteroatoms. The largest absolute Gasteiger partial charge is 0.493 e. The molecule has 0 heterocycles. The third-order valence-electron chi connectivity index (χ3n) is 3.35. The van der Waals surface area contributed by atoms with Crippen molar-refractivity contribution >= 4 is 11.8 Å². The number of hydrogen-bond donors (Lipinski definition) is 2. The number of nitrogens with one attached hydrogen (secondary N) is 2. The zero-order valence-corrected chi connectivity index (χ0v) is 14.7. The van der Waals surface area contributed by atoms with Crippen LogP contribution in [0.3, 0.4) is 0 Å². The molecule has 0 aliphatic carbocycles. The van der Waals surface area contributed by atoms with Gasteiger partial charge in [0.1, 0.15) is 5.75 Å². The predicted octanol–water partition coefficient (Wildman–Crippen LogP) is 1.56. The number of carbonyl (C=O) groups is 2. The van der Waals surface area contributed by atoms with Crippen LogP contribution in [0.1, 0.15) is 12.0 Å². The van der Waals surface area contributed by atoms with Gasteiger partial charge in [-0.05, 0) is 36.4 Å². The first-order chi connectivity index (χ1) is 13.1. The second kappa shape index (κ2) is 10.3. The van der Waals surface area contributed by atoms with Gasteiger partial charge in [-0.15, -0.1) is 0 Å². The molecule has 2 N–H and O–H groups in total. The van der Waals surface area contributed by atoms with Crippen molar-refractivity contribution < 1.29 is 23.8 Å². The van der Waals surface area contributed by atoms with Gasteiger partial charge in [0.05, 0.1) is 31.8 Å². The third kappa shape index (κ3) is 6.59. The second-order valence-corrected chi connectivity index (χ2v) is 5.27. The highest BCUT2D eigenvalue weighted by atomic mass is 16.5. The Morgan fingerprint density at radius 3 is 2.30 bits per heavy atom. The smallest absolute Gasteiger partial charge is 0.276 e. The second-order valence-electron chi connectivity index (χ2n) is 5.27. The zero-order chi connectivity index (χ0) is 19.5. The van der Waals surface area contributed by atoms with Gasteiger partial charge in [-0.25, -0.2) is 0 Å². The lowest BCUT2D eigenvalue weighted by Gasteiger charge is -2.11. The standard InChI is InChI=1S/C19H19N3O5/c1-25-16-4-2-3-5-17(16)26-11-10-18(23)21-22-19(24)13-27-15-8-6-14(12-20)7-9-15/h2-9H,10-11,13H2,1H3,(H,21,23)(H,22,24). The molecule has 0 aliphatic rings. The number of rotatable bonds is 8. The van der Waals surface area contributed by atoms with E-state index in [-0.39, 0.29) is 19.6 Å². The van der Waals surface area contributed by atoms with Crippen LogP contribution in [0.4, 0.5) is 0 Å². The van der Waals surface area contributed by atoms with Crippen molar-refractivity contribution in [2.45, 2.75) is 6.42 Å². The van der Waals surface area contributed by atoms with Gasteiger partial charge in [0.2, 0.25) is 5.91 Å². The van der Waals surface area contributed by atoms with Crippen molar-refractivity contribution in [2.24, 2.45) is 0 Å². The van der Waals surface area contributed by atoms with Crippen molar-refractivity contribution in [1.29, 1.82) is 5.26 Å². The van der Waals surface area contributed by atoms with Gasteiger partial charge in [0.15, 0.2) is 18.1 Å². The van der Waals surface area contributed by atoms with E-state index >= 15 is 0 Å². The SMILES string of the molecule is COc1ccccc1OCCC(=O)NNC(=O)COc1ccc(C#N)cc1. The minimum atomic E-state index is -0.515. The van der Waals surface area contributed by atoms with Gasteiger partial charge >= 0.3 is 0 Å². The fraction of sp³-hybridized carbons (Fsp3) is 0.211. The summed E-state index contributed by atoms with van der Waals surface area (Å²) in [5.74, 6) is 0.634. The van der Waals surface area contributed by atoms with Crippen LogP contribution >= 0.6 is 0 Å². The molecule has 8 nitrogen and oxygen atoms in total. The van der Waals surface area contributed by atoms with Crippen molar-refractivity contribution in [3.05, 3.63) is 54.1 Å². The summed E-state index contributed by atoms with van der Waals surface area (Å²) >= 11 is 0. The minimum Gasteiger partial charge on any atom is -0.493 e. The monoisotopic (exact) mass is 369 g/mol. The summed E-state index contributed by atoms with van der Waals surface area (Å²) in [4.78, 5) is 23.4. The lowest BCUT2D eigenvalue weighted by atomic mass is 10.2. The molecule has 0 spiro atoms. The number of nitriles is 1. The Balaban J connectivity index is 1.64. The topological polar surface area (TPSA) is 110 Å². The lowest BCUT2D eigenvalue weighted by Crippen LogP contribution is -2.44. The van der Waals surface area contributed by atoms with E-state index in [1.54, 1.807) is 42.5 Å². The number of methoxy groups -OCH3 is 1. The van der Waals surface area contributed by atoms with E-state index in [1.165, 1.54) is 7.11 Å². The van der Waals surface area contributed by atoms with Crippen LogP contribution in [-0.4, -0.2) is 32.1 Å². The van der Waals surface area contributed by atoms with E-state index < -0.39 is 11.8 Å². The van der Waals surface area contributed by atoms with Crippen LogP contribution in [0.25, 0.3) is 0 Å². The highest BCUT2D eigenvalue weighted by Crippen LogP contribution is 2.25. The molecule has 0 radical (unpaired) electrons. The maximum absolute atomic E-state index is 11.7. The summed E-state index contributed by atoms with van der Waals surface area (Å²) in [5.41, 5.74) is 5.02. The molecule has 0 fully saturated rings. The molecule has 27 heavy (non-hydrogen) atoms. The summed E-state index contributed by atoms with van der Waals surface area (Å²) < 4.78 is 15.9. The van der Waals surface area contributed by atoms with Crippen molar-refractivity contribution in [2.75, 3.05) is 20.3 Å². The van der Waals surface area contributed by atoms with Crippen LogP contribution in [0, 0.1) is 11.3 Å². The Bertz CT molecular complexity index is 815. The summed E-state index contributed by atoms with van der Waals surface area (Å²) in [6.07, 6.45) is 0.0504. The van der Waals surface area contributed by atoms with Crippen LogP contribution in [0.2, 0.25) is 0 Å². The number of hydrazine groups is 1.